The molecule has 1 aliphatic rings. The highest BCUT2D eigenvalue weighted by Crippen LogP contribution is 2.34. The molecule has 0 fully saturated rings. The lowest BCUT2D eigenvalue weighted by Crippen LogP contribution is -2.13. The molecule has 0 radical (unpaired) electrons. The number of halogens is 1. The van der Waals surface area contributed by atoms with Crippen LogP contribution in [0.25, 0.3) is 0 Å². The lowest BCUT2D eigenvalue weighted by atomic mass is 9.98. The first kappa shape index (κ1) is 14.6. The van der Waals surface area contributed by atoms with Gasteiger partial charge in [-0.15, -0.1) is 0 Å². The van der Waals surface area contributed by atoms with E-state index < -0.39 is 0 Å². The van der Waals surface area contributed by atoms with Gasteiger partial charge in [0, 0.05) is 10.2 Å². The van der Waals surface area contributed by atoms with Gasteiger partial charge in [0.25, 0.3) is 0 Å². The highest BCUT2D eigenvalue weighted by atomic mass is 79.9. The second-order valence-electron chi connectivity index (χ2n) is 6.06. The minimum absolute atomic E-state index is 0.433. The van der Waals surface area contributed by atoms with E-state index in [0.29, 0.717) is 6.04 Å². The van der Waals surface area contributed by atoms with Crippen LogP contribution in [0, 0.1) is 13.8 Å². The minimum Gasteiger partial charge on any atom is -0.378 e. The molecule has 3 rings (SSSR count). The summed E-state index contributed by atoms with van der Waals surface area (Å²) in [6.45, 7) is 4.37. The molecule has 2 aromatic rings. The van der Waals surface area contributed by atoms with Crippen LogP contribution in [0.3, 0.4) is 0 Å². The molecule has 0 aliphatic heterocycles. The molecule has 0 saturated carbocycles. The molecule has 2 aromatic carbocycles. The van der Waals surface area contributed by atoms with Gasteiger partial charge in [-0.3, -0.25) is 0 Å². The highest BCUT2D eigenvalue weighted by molar-refractivity contribution is 9.10. The molecule has 1 aliphatic carbocycles. The van der Waals surface area contributed by atoms with Gasteiger partial charge in [0.2, 0.25) is 0 Å². The fraction of sp³-hybridized carbons (Fsp3) is 0.368. The van der Waals surface area contributed by atoms with Crippen molar-refractivity contribution >= 4 is 21.6 Å². The second kappa shape index (κ2) is 6.23. The zero-order valence-corrected chi connectivity index (χ0v) is 14.3. The normalized spacial score (nSPS) is 18.0. The predicted molar refractivity (Wildman–Crippen MR) is 94.0 cm³/mol. The van der Waals surface area contributed by atoms with E-state index in [9.17, 15) is 0 Å². The molecule has 0 aromatic heterocycles. The Labute approximate surface area is 135 Å². The Morgan fingerprint density at radius 1 is 1.05 bits per heavy atom. The Morgan fingerprint density at radius 2 is 1.76 bits per heavy atom. The van der Waals surface area contributed by atoms with Crippen LogP contribution in [-0.4, -0.2) is 0 Å². The van der Waals surface area contributed by atoms with E-state index in [-0.39, 0.29) is 0 Å². The number of benzene rings is 2. The third kappa shape index (κ3) is 3.16. The van der Waals surface area contributed by atoms with Crippen molar-refractivity contribution in [1.29, 1.82) is 0 Å². The lowest BCUT2D eigenvalue weighted by molar-refractivity contribution is 0.643. The number of aryl methyl sites for hydroxylation is 3. The van der Waals surface area contributed by atoms with E-state index in [0.717, 1.165) is 4.47 Å². The third-order valence-electron chi connectivity index (χ3n) is 4.44. The first-order valence-electron chi connectivity index (χ1n) is 7.76. The molecule has 110 valence electrons. The molecule has 2 heteroatoms. The van der Waals surface area contributed by atoms with E-state index in [1.807, 2.05) is 0 Å². The van der Waals surface area contributed by atoms with Crippen LogP contribution in [0.15, 0.2) is 40.9 Å². The van der Waals surface area contributed by atoms with Crippen molar-refractivity contribution in [3.63, 3.8) is 0 Å². The van der Waals surface area contributed by atoms with Crippen LogP contribution in [0.2, 0.25) is 0 Å². The molecular formula is C19H22BrN. The lowest BCUT2D eigenvalue weighted by Gasteiger charge is -2.23. The van der Waals surface area contributed by atoms with Crippen molar-refractivity contribution in [3.8, 4) is 0 Å². The molecule has 1 atom stereocenters. The van der Waals surface area contributed by atoms with Gasteiger partial charge in [-0.25, -0.2) is 0 Å². The summed E-state index contributed by atoms with van der Waals surface area (Å²) in [7, 11) is 0. The van der Waals surface area contributed by atoms with Crippen molar-refractivity contribution in [1.82, 2.24) is 0 Å². The zero-order chi connectivity index (χ0) is 14.8. The average Bonchev–Trinajstić information content (AvgIpc) is 2.65. The average molecular weight is 344 g/mol. The number of hydrogen-bond donors (Lipinski definition) is 1. The SMILES string of the molecule is Cc1cc(Br)cc(C)c1NC1CCCCc2ccccc21. The first-order valence-corrected chi connectivity index (χ1v) is 8.55. The maximum atomic E-state index is 3.82. The summed E-state index contributed by atoms with van der Waals surface area (Å²) in [6, 6.07) is 13.7. The molecular weight excluding hydrogens is 322 g/mol. The van der Waals surface area contributed by atoms with Crippen LogP contribution in [-0.2, 0) is 6.42 Å². The number of fused-ring (bicyclic) bond motifs is 1. The molecule has 1 unspecified atom stereocenters. The summed E-state index contributed by atoms with van der Waals surface area (Å²) < 4.78 is 1.16. The molecule has 0 bridgehead atoms. The number of hydrogen-bond acceptors (Lipinski definition) is 1. The quantitative estimate of drug-likeness (QED) is 0.664. The van der Waals surface area contributed by atoms with Crippen molar-refractivity contribution in [2.45, 2.75) is 45.6 Å². The van der Waals surface area contributed by atoms with Gasteiger partial charge in [-0.1, -0.05) is 46.6 Å². The summed E-state index contributed by atoms with van der Waals surface area (Å²) in [5.74, 6) is 0. The van der Waals surface area contributed by atoms with Gasteiger partial charge < -0.3 is 5.32 Å². The van der Waals surface area contributed by atoms with E-state index in [1.165, 1.54) is 53.6 Å². The molecule has 21 heavy (non-hydrogen) atoms. The fourth-order valence-electron chi connectivity index (χ4n) is 3.38. The standard InChI is InChI=1S/C19H22BrN/c1-13-11-16(20)12-14(2)19(13)21-18-10-6-4-8-15-7-3-5-9-17(15)18/h3,5,7,9,11-12,18,21H,4,6,8,10H2,1-2H3. The van der Waals surface area contributed by atoms with Gasteiger partial charge >= 0.3 is 0 Å². The van der Waals surface area contributed by atoms with Crippen LogP contribution >= 0.6 is 15.9 Å². The van der Waals surface area contributed by atoms with E-state index >= 15 is 0 Å². The predicted octanol–water partition coefficient (Wildman–Crippen LogP) is 5.95. The maximum Gasteiger partial charge on any atom is 0.0516 e. The minimum atomic E-state index is 0.433. The van der Waals surface area contributed by atoms with E-state index in [4.69, 9.17) is 0 Å². The fourth-order valence-corrected chi connectivity index (χ4v) is 4.07. The Balaban J connectivity index is 1.95. The summed E-state index contributed by atoms with van der Waals surface area (Å²) in [5, 5.41) is 3.82. The smallest absolute Gasteiger partial charge is 0.0516 e. The van der Waals surface area contributed by atoms with E-state index in [1.54, 1.807) is 0 Å². The van der Waals surface area contributed by atoms with Crippen LogP contribution in [0.4, 0.5) is 5.69 Å². The molecule has 1 N–H and O–H groups in total. The van der Waals surface area contributed by atoms with E-state index in [2.05, 4.69) is 71.5 Å². The van der Waals surface area contributed by atoms with Crippen molar-refractivity contribution < 1.29 is 0 Å². The zero-order valence-electron chi connectivity index (χ0n) is 12.7. The van der Waals surface area contributed by atoms with Gasteiger partial charge in [-0.05, 0) is 67.5 Å². The number of nitrogens with one attached hydrogen (secondary N) is 1. The summed E-state index contributed by atoms with van der Waals surface area (Å²) in [5.41, 5.74) is 6.91. The van der Waals surface area contributed by atoms with Gasteiger partial charge in [0.1, 0.15) is 0 Å². The topological polar surface area (TPSA) is 12.0 Å². The third-order valence-corrected chi connectivity index (χ3v) is 4.89. The van der Waals surface area contributed by atoms with Crippen LogP contribution in [0.1, 0.15) is 47.6 Å². The monoisotopic (exact) mass is 343 g/mol. The first-order chi connectivity index (χ1) is 10.1. The highest BCUT2D eigenvalue weighted by Gasteiger charge is 2.19. The van der Waals surface area contributed by atoms with Crippen molar-refractivity contribution in [2.24, 2.45) is 0 Å². The van der Waals surface area contributed by atoms with Gasteiger partial charge in [-0.2, -0.15) is 0 Å². The molecule has 0 spiro atoms. The summed E-state index contributed by atoms with van der Waals surface area (Å²) in [6.07, 6.45) is 5.02. The molecule has 0 saturated heterocycles. The Hall–Kier alpha value is -1.28. The van der Waals surface area contributed by atoms with Crippen molar-refractivity contribution in [2.75, 3.05) is 5.32 Å². The second-order valence-corrected chi connectivity index (χ2v) is 6.97. The summed E-state index contributed by atoms with van der Waals surface area (Å²) in [4.78, 5) is 0. The van der Waals surface area contributed by atoms with Crippen LogP contribution in [0.5, 0.6) is 0 Å². The summed E-state index contributed by atoms with van der Waals surface area (Å²) >= 11 is 3.58. The Morgan fingerprint density at radius 3 is 2.52 bits per heavy atom. The van der Waals surface area contributed by atoms with Gasteiger partial charge in [0.15, 0.2) is 0 Å². The molecule has 0 heterocycles. The Bertz CT molecular complexity index is 625. The van der Waals surface area contributed by atoms with Gasteiger partial charge in [0.05, 0.1) is 6.04 Å². The van der Waals surface area contributed by atoms with Crippen LogP contribution < -0.4 is 5.32 Å². The van der Waals surface area contributed by atoms with Crippen molar-refractivity contribution in [3.05, 3.63) is 63.1 Å². The largest absolute Gasteiger partial charge is 0.378 e. The molecule has 0 amide bonds. The number of anilines is 1. The maximum absolute atomic E-state index is 3.82. The molecule has 1 nitrogen and oxygen atoms in total. The Kier molecular flexibility index (Phi) is 4.34. The number of rotatable bonds is 2.